The number of rotatable bonds is 4. The molecule has 0 unspecified atom stereocenters. The molecule has 2 heterocycles. The van der Waals surface area contributed by atoms with Gasteiger partial charge in [-0.2, -0.15) is 10.5 Å². The highest BCUT2D eigenvalue weighted by Gasteiger charge is 2.21. The SMILES string of the molecule is CCc1oc2c(ccc3c2ccc2c(-c4ccc(C#N)cc4)c(CC)oc23)c1-c1ccc(C#N)cc1. The van der Waals surface area contributed by atoms with Crippen molar-refractivity contribution in [2.45, 2.75) is 26.7 Å². The Bertz CT molecular complexity index is 1720. The average molecular weight is 467 g/mol. The molecule has 4 aromatic carbocycles. The fourth-order valence-corrected chi connectivity index (χ4v) is 5.17. The summed E-state index contributed by atoms with van der Waals surface area (Å²) in [6.45, 7) is 4.18. The van der Waals surface area contributed by atoms with Crippen molar-refractivity contribution in [2.75, 3.05) is 0 Å². The molecule has 4 heteroatoms. The van der Waals surface area contributed by atoms with E-state index in [1.807, 2.05) is 48.5 Å². The quantitative estimate of drug-likeness (QED) is 0.261. The van der Waals surface area contributed by atoms with Crippen molar-refractivity contribution in [1.29, 1.82) is 10.5 Å². The second-order valence-corrected chi connectivity index (χ2v) is 8.87. The lowest BCUT2D eigenvalue weighted by Gasteiger charge is -2.04. The van der Waals surface area contributed by atoms with E-state index in [4.69, 9.17) is 8.83 Å². The maximum absolute atomic E-state index is 9.18. The Hall–Kier alpha value is -4.80. The Morgan fingerprint density at radius 1 is 0.528 bits per heavy atom. The minimum Gasteiger partial charge on any atom is -0.460 e. The molecule has 0 aliphatic heterocycles. The van der Waals surface area contributed by atoms with Gasteiger partial charge in [-0.05, 0) is 59.7 Å². The van der Waals surface area contributed by atoms with E-state index in [1.165, 1.54) is 0 Å². The van der Waals surface area contributed by atoms with Crippen molar-refractivity contribution in [3.63, 3.8) is 0 Å². The lowest BCUT2D eigenvalue weighted by atomic mass is 9.96. The van der Waals surface area contributed by atoms with Crippen LogP contribution < -0.4 is 0 Å². The summed E-state index contributed by atoms with van der Waals surface area (Å²) in [5, 5.41) is 22.5. The highest BCUT2D eigenvalue weighted by atomic mass is 16.3. The molecule has 0 bridgehead atoms. The maximum Gasteiger partial charge on any atom is 0.142 e. The van der Waals surface area contributed by atoms with E-state index in [9.17, 15) is 10.5 Å². The summed E-state index contributed by atoms with van der Waals surface area (Å²) < 4.78 is 12.9. The Balaban J connectivity index is 1.60. The van der Waals surface area contributed by atoms with Crippen molar-refractivity contribution in [1.82, 2.24) is 0 Å². The van der Waals surface area contributed by atoms with Gasteiger partial charge < -0.3 is 8.83 Å². The third kappa shape index (κ3) is 3.20. The summed E-state index contributed by atoms with van der Waals surface area (Å²) in [6, 6.07) is 28.2. The molecule has 0 aliphatic rings. The van der Waals surface area contributed by atoms with Gasteiger partial charge in [0.1, 0.15) is 22.7 Å². The summed E-state index contributed by atoms with van der Waals surface area (Å²) in [6.07, 6.45) is 1.52. The first-order chi connectivity index (χ1) is 17.7. The summed E-state index contributed by atoms with van der Waals surface area (Å²) in [5.41, 5.74) is 7.20. The van der Waals surface area contributed by atoms with Crippen LogP contribution >= 0.6 is 0 Å². The average Bonchev–Trinajstić information content (AvgIpc) is 3.51. The van der Waals surface area contributed by atoms with Crippen LogP contribution in [0, 0.1) is 22.7 Å². The van der Waals surface area contributed by atoms with Gasteiger partial charge in [-0.25, -0.2) is 0 Å². The summed E-state index contributed by atoms with van der Waals surface area (Å²) in [7, 11) is 0. The molecule has 0 saturated carbocycles. The highest BCUT2D eigenvalue weighted by Crippen LogP contribution is 2.43. The van der Waals surface area contributed by atoms with Crippen molar-refractivity contribution >= 4 is 32.7 Å². The molecule has 0 spiro atoms. The Kier molecular flexibility index (Phi) is 5.10. The molecule has 0 amide bonds. The van der Waals surface area contributed by atoms with Crippen molar-refractivity contribution in [2.24, 2.45) is 0 Å². The van der Waals surface area contributed by atoms with Crippen LogP contribution in [0.5, 0.6) is 0 Å². The molecule has 0 aliphatic carbocycles. The first-order valence-corrected chi connectivity index (χ1v) is 12.1. The van der Waals surface area contributed by atoms with Crippen LogP contribution in [-0.4, -0.2) is 0 Å². The topological polar surface area (TPSA) is 73.9 Å². The molecule has 2 aromatic heterocycles. The fourth-order valence-electron chi connectivity index (χ4n) is 5.17. The largest absolute Gasteiger partial charge is 0.460 e. The molecular formula is C32H22N2O2. The van der Waals surface area contributed by atoms with E-state index >= 15 is 0 Å². The Morgan fingerprint density at radius 2 is 0.889 bits per heavy atom. The first-order valence-electron chi connectivity index (χ1n) is 12.1. The molecular weight excluding hydrogens is 444 g/mol. The molecule has 4 nitrogen and oxygen atoms in total. The molecule has 0 radical (unpaired) electrons. The Labute approximate surface area is 208 Å². The number of hydrogen-bond acceptors (Lipinski definition) is 4. The standard InChI is InChI=1S/C32H22N2O2/c1-3-27-29(21-9-5-19(17-33)6-10-21)25-15-13-24-23(31(25)35-27)14-16-26-30(28(4-2)36-32(24)26)22-11-7-20(18-34)8-12-22/h5-16H,3-4H2,1-2H3. The molecule has 0 saturated heterocycles. The zero-order chi connectivity index (χ0) is 24.8. The van der Waals surface area contributed by atoms with Crippen LogP contribution in [0.3, 0.4) is 0 Å². The second-order valence-electron chi connectivity index (χ2n) is 8.87. The normalized spacial score (nSPS) is 11.2. The van der Waals surface area contributed by atoms with Crippen LogP contribution in [0.25, 0.3) is 55.0 Å². The predicted octanol–water partition coefficient (Wildman–Crippen LogP) is 8.53. The van der Waals surface area contributed by atoms with Crippen molar-refractivity contribution in [3.05, 3.63) is 95.4 Å². The smallest absolute Gasteiger partial charge is 0.142 e. The van der Waals surface area contributed by atoms with Crippen LogP contribution in [0.2, 0.25) is 0 Å². The van der Waals surface area contributed by atoms with E-state index in [0.717, 1.165) is 79.3 Å². The van der Waals surface area contributed by atoms with Gasteiger partial charge in [-0.3, -0.25) is 0 Å². The second kappa shape index (κ2) is 8.45. The minimum absolute atomic E-state index is 0.639. The zero-order valence-corrected chi connectivity index (χ0v) is 20.1. The molecule has 172 valence electrons. The monoisotopic (exact) mass is 466 g/mol. The molecule has 36 heavy (non-hydrogen) atoms. The summed E-state index contributed by atoms with van der Waals surface area (Å²) in [5.74, 6) is 1.85. The van der Waals surface area contributed by atoms with E-state index in [1.54, 1.807) is 0 Å². The lowest BCUT2D eigenvalue weighted by molar-refractivity contribution is 0.559. The van der Waals surface area contributed by atoms with Crippen LogP contribution in [0.15, 0.2) is 81.6 Å². The lowest BCUT2D eigenvalue weighted by Crippen LogP contribution is -1.84. The van der Waals surface area contributed by atoms with E-state index < -0.39 is 0 Å². The first kappa shape index (κ1) is 21.7. The molecule has 6 rings (SSSR count). The zero-order valence-electron chi connectivity index (χ0n) is 20.1. The Morgan fingerprint density at radius 3 is 1.22 bits per heavy atom. The highest BCUT2D eigenvalue weighted by molar-refractivity contribution is 6.18. The van der Waals surface area contributed by atoms with Gasteiger partial charge in [0.2, 0.25) is 0 Å². The maximum atomic E-state index is 9.18. The molecule has 0 atom stereocenters. The van der Waals surface area contributed by atoms with Crippen LogP contribution in [-0.2, 0) is 12.8 Å². The fraction of sp³-hybridized carbons (Fsp3) is 0.125. The summed E-state index contributed by atoms with van der Waals surface area (Å²) in [4.78, 5) is 0. The predicted molar refractivity (Wildman–Crippen MR) is 143 cm³/mol. The number of furan rings is 2. The third-order valence-electron chi connectivity index (χ3n) is 6.90. The van der Waals surface area contributed by atoms with Crippen molar-refractivity contribution < 1.29 is 8.83 Å². The third-order valence-corrected chi connectivity index (χ3v) is 6.90. The van der Waals surface area contributed by atoms with E-state index in [-0.39, 0.29) is 0 Å². The van der Waals surface area contributed by atoms with E-state index in [0.29, 0.717) is 11.1 Å². The number of nitriles is 2. The van der Waals surface area contributed by atoms with Gasteiger partial charge in [0.15, 0.2) is 0 Å². The number of benzene rings is 4. The number of aryl methyl sites for hydroxylation is 2. The summed E-state index contributed by atoms with van der Waals surface area (Å²) >= 11 is 0. The molecule has 6 aromatic rings. The van der Waals surface area contributed by atoms with Gasteiger partial charge in [-0.15, -0.1) is 0 Å². The van der Waals surface area contributed by atoms with Crippen LogP contribution in [0.1, 0.15) is 36.5 Å². The van der Waals surface area contributed by atoms with Crippen molar-refractivity contribution in [3.8, 4) is 34.4 Å². The number of fused-ring (bicyclic) bond motifs is 5. The van der Waals surface area contributed by atoms with Gasteiger partial charge in [-0.1, -0.05) is 38.1 Å². The van der Waals surface area contributed by atoms with E-state index in [2.05, 4.69) is 50.3 Å². The van der Waals surface area contributed by atoms with Gasteiger partial charge >= 0.3 is 0 Å². The number of hydrogen-bond donors (Lipinski definition) is 0. The minimum atomic E-state index is 0.639. The number of nitrogens with zero attached hydrogens (tertiary/aromatic N) is 2. The van der Waals surface area contributed by atoms with Crippen LogP contribution in [0.4, 0.5) is 0 Å². The molecule has 0 N–H and O–H groups in total. The van der Waals surface area contributed by atoms with Gasteiger partial charge in [0.05, 0.1) is 23.3 Å². The molecule has 0 fully saturated rings. The van der Waals surface area contributed by atoms with Gasteiger partial charge in [0, 0.05) is 45.5 Å². The van der Waals surface area contributed by atoms with Gasteiger partial charge in [0.25, 0.3) is 0 Å².